The van der Waals surface area contributed by atoms with Crippen LogP contribution in [0.3, 0.4) is 0 Å². The minimum absolute atomic E-state index is 0.251. The summed E-state index contributed by atoms with van der Waals surface area (Å²) >= 11 is 0. The minimum Gasteiger partial charge on any atom is -0.376 e. The Morgan fingerprint density at radius 2 is 1.93 bits per heavy atom. The van der Waals surface area contributed by atoms with E-state index in [9.17, 15) is 4.79 Å². The van der Waals surface area contributed by atoms with Gasteiger partial charge in [0, 0.05) is 57.0 Å². The van der Waals surface area contributed by atoms with Crippen molar-refractivity contribution in [2.24, 2.45) is 5.41 Å². The first-order valence-electron chi connectivity index (χ1n) is 11.7. The number of piperidine rings is 2. The number of anilines is 1. The van der Waals surface area contributed by atoms with E-state index in [1.54, 1.807) is 0 Å². The van der Waals surface area contributed by atoms with Gasteiger partial charge in [-0.15, -0.1) is 0 Å². The molecular weight excluding hydrogens is 364 g/mol. The third kappa shape index (κ3) is 4.14. The van der Waals surface area contributed by atoms with Gasteiger partial charge in [-0.3, -0.25) is 4.79 Å². The Morgan fingerprint density at radius 1 is 1.10 bits per heavy atom. The molecule has 1 saturated carbocycles. The van der Waals surface area contributed by atoms with Crippen molar-refractivity contribution >= 4 is 11.9 Å². The van der Waals surface area contributed by atoms with Crippen LogP contribution in [0.2, 0.25) is 0 Å². The van der Waals surface area contributed by atoms with E-state index in [4.69, 9.17) is 9.72 Å². The molecule has 5 rings (SSSR count). The summed E-state index contributed by atoms with van der Waals surface area (Å²) in [4.78, 5) is 26.5. The number of hydrogen-bond acceptors (Lipinski definition) is 5. The molecule has 158 valence electrons. The van der Waals surface area contributed by atoms with Crippen LogP contribution in [0.5, 0.6) is 0 Å². The zero-order valence-electron chi connectivity index (χ0n) is 17.5. The highest BCUT2D eigenvalue weighted by molar-refractivity contribution is 5.77. The Hall–Kier alpha value is -1.69. The molecule has 0 bridgehead atoms. The summed E-state index contributed by atoms with van der Waals surface area (Å²) in [5.74, 6) is 1.86. The molecule has 1 aromatic heterocycles. The molecule has 1 aromatic rings. The van der Waals surface area contributed by atoms with Crippen LogP contribution in [0.1, 0.15) is 75.8 Å². The minimum atomic E-state index is 0.251. The molecule has 1 amide bonds. The first-order valence-corrected chi connectivity index (χ1v) is 11.7. The number of carbonyl (C=O) groups is 1. The van der Waals surface area contributed by atoms with Crippen LogP contribution in [0.15, 0.2) is 12.3 Å². The predicted octanol–water partition coefficient (Wildman–Crippen LogP) is 3.52. The second kappa shape index (κ2) is 8.21. The number of hydrogen-bond donors (Lipinski definition) is 0. The summed E-state index contributed by atoms with van der Waals surface area (Å²) in [5, 5.41) is 0. The van der Waals surface area contributed by atoms with Gasteiger partial charge in [0.1, 0.15) is 0 Å². The van der Waals surface area contributed by atoms with Crippen molar-refractivity contribution in [2.75, 3.05) is 37.7 Å². The maximum atomic E-state index is 12.5. The number of aromatic nitrogens is 2. The van der Waals surface area contributed by atoms with Crippen LogP contribution in [0.4, 0.5) is 5.95 Å². The van der Waals surface area contributed by atoms with Gasteiger partial charge in [-0.2, -0.15) is 0 Å². The van der Waals surface area contributed by atoms with Crippen molar-refractivity contribution in [3.63, 3.8) is 0 Å². The van der Waals surface area contributed by atoms with Gasteiger partial charge in [-0.05, 0) is 56.4 Å². The lowest BCUT2D eigenvalue weighted by Crippen LogP contribution is -2.53. The number of ether oxygens (including phenoxy) is 1. The van der Waals surface area contributed by atoms with Crippen LogP contribution in [0, 0.1) is 5.41 Å². The Balaban J connectivity index is 1.21. The molecule has 4 fully saturated rings. The number of carbonyl (C=O) groups excluding carboxylic acids is 1. The fourth-order valence-electron chi connectivity index (χ4n) is 5.86. The van der Waals surface area contributed by atoms with Crippen LogP contribution < -0.4 is 4.90 Å². The van der Waals surface area contributed by atoms with E-state index in [1.807, 2.05) is 6.20 Å². The summed E-state index contributed by atoms with van der Waals surface area (Å²) < 4.78 is 5.79. The monoisotopic (exact) mass is 398 g/mol. The highest BCUT2D eigenvalue weighted by Gasteiger charge is 2.42. The van der Waals surface area contributed by atoms with E-state index >= 15 is 0 Å². The van der Waals surface area contributed by atoms with Crippen molar-refractivity contribution < 1.29 is 9.53 Å². The van der Waals surface area contributed by atoms with Crippen molar-refractivity contribution in [1.29, 1.82) is 0 Å². The first kappa shape index (κ1) is 19.3. The normalized spacial score (nSPS) is 27.9. The van der Waals surface area contributed by atoms with Crippen LogP contribution >= 0.6 is 0 Å². The lowest BCUT2D eigenvalue weighted by atomic mass is 9.72. The molecule has 1 aliphatic carbocycles. The van der Waals surface area contributed by atoms with Gasteiger partial charge in [0.25, 0.3) is 0 Å². The van der Waals surface area contributed by atoms with Gasteiger partial charge in [-0.25, -0.2) is 9.97 Å². The molecule has 4 heterocycles. The number of likely N-dealkylation sites (tertiary alicyclic amines) is 1. The average Bonchev–Trinajstić information content (AvgIpc) is 3.46. The summed E-state index contributed by atoms with van der Waals surface area (Å²) in [6.07, 6.45) is 13.6. The first-order chi connectivity index (χ1) is 14.2. The Bertz CT molecular complexity index is 719. The summed E-state index contributed by atoms with van der Waals surface area (Å²) in [5.41, 5.74) is 1.50. The van der Waals surface area contributed by atoms with Crippen molar-refractivity contribution in [1.82, 2.24) is 14.9 Å². The Morgan fingerprint density at radius 3 is 2.69 bits per heavy atom. The molecule has 0 unspecified atom stereocenters. The average molecular weight is 399 g/mol. The summed E-state index contributed by atoms with van der Waals surface area (Å²) in [7, 11) is 0. The van der Waals surface area contributed by atoms with E-state index < -0.39 is 0 Å². The Kier molecular flexibility index (Phi) is 5.46. The van der Waals surface area contributed by atoms with Crippen LogP contribution in [-0.2, 0) is 9.53 Å². The third-order valence-electron chi connectivity index (χ3n) is 7.74. The van der Waals surface area contributed by atoms with Gasteiger partial charge in [0.2, 0.25) is 11.9 Å². The molecule has 3 saturated heterocycles. The standard InChI is InChI=1S/C23H34N4O2/c28-21-7-9-23(17-27(21)16-19-6-3-15-29-19)10-13-26(14-11-23)22-24-12-8-20(25-22)18-4-1-2-5-18/h8,12,18-19H,1-7,9-11,13-17H2/t19-/m1/s1. The van der Waals surface area contributed by atoms with Crippen molar-refractivity contribution in [3.8, 4) is 0 Å². The molecule has 0 radical (unpaired) electrons. The van der Waals surface area contributed by atoms with Gasteiger partial charge in [-0.1, -0.05) is 12.8 Å². The van der Waals surface area contributed by atoms with E-state index in [2.05, 4.69) is 20.9 Å². The highest BCUT2D eigenvalue weighted by atomic mass is 16.5. The third-order valence-corrected chi connectivity index (χ3v) is 7.74. The maximum absolute atomic E-state index is 12.5. The number of nitrogens with zero attached hydrogens (tertiary/aromatic N) is 4. The smallest absolute Gasteiger partial charge is 0.225 e. The maximum Gasteiger partial charge on any atom is 0.225 e. The number of amides is 1. The zero-order chi connectivity index (χ0) is 19.7. The molecule has 6 nitrogen and oxygen atoms in total. The van der Waals surface area contributed by atoms with Crippen LogP contribution in [0.25, 0.3) is 0 Å². The lowest BCUT2D eigenvalue weighted by molar-refractivity contribution is -0.140. The topological polar surface area (TPSA) is 58.6 Å². The molecule has 29 heavy (non-hydrogen) atoms. The van der Waals surface area contributed by atoms with E-state index in [0.29, 0.717) is 18.2 Å². The second-order valence-electron chi connectivity index (χ2n) is 9.66. The lowest BCUT2D eigenvalue weighted by Gasteiger charge is -2.47. The number of rotatable bonds is 4. The summed E-state index contributed by atoms with van der Waals surface area (Å²) in [6, 6.07) is 2.11. The molecule has 1 spiro atoms. The van der Waals surface area contributed by atoms with Gasteiger partial charge < -0.3 is 14.5 Å². The fourth-order valence-corrected chi connectivity index (χ4v) is 5.86. The van der Waals surface area contributed by atoms with Gasteiger partial charge in [0.05, 0.1) is 6.10 Å². The zero-order valence-corrected chi connectivity index (χ0v) is 17.5. The SMILES string of the molecule is O=C1CCC2(CCN(c3nccc(C4CCCC4)n3)CC2)CN1C[C@H]1CCCO1. The molecule has 1 atom stereocenters. The van der Waals surface area contributed by atoms with Gasteiger partial charge in [0.15, 0.2) is 0 Å². The quantitative estimate of drug-likeness (QED) is 0.777. The van der Waals surface area contributed by atoms with E-state index in [1.165, 1.54) is 31.4 Å². The molecule has 3 aliphatic heterocycles. The predicted molar refractivity (Wildman–Crippen MR) is 112 cm³/mol. The molecule has 6 heteroatoms. The molecular formula is C23H34N4O2. The molecule has 0 aromatic carbocycles. The fraction of sp³-hybridized carbons (Fsp3) is 0.783. The summed E-state index contributed by atoms with van der Waals surface area (Å²) in [6.45, 7) is 4.54. The van der Waals surface area contributed by atoms with Crippen molar-refractivity contribution in [2.45, 2.75) is 76.2 Å². The molecule has 0 N–H and O–H groups in total. The van der Waals surface area contributed by atoms with Crippen LogP contribution in [-0.4, -0.2) is 59.7 Å². The van der Waals surface area contributed by atoms with Crippen molar-refractivity contribution in [3.05, 3.63) is 18.0 Å². The van der Waals surface area contributed by atoms with E-state index in [0.717, 1.165) is 70.8 Å². The van der Waals surface area contributed by atoms with E-state index in [-0.39, 0.29) is 11.5 Å². The second-order valence-corrected chi connectivity index (χ2v) is 9.66. The highest BCUT2D eigenvalue weighted by Crippen LogP contribution is 2.41. The van der Waals surface area contributed by atoms with Gasteiger partial charge >= 0.3 is 0 Å². The molecule has 4 aliphatic rings. The Labute approximate surface area is 174 Å². The largest absolute Gasteiger partial charge is 0.376 e.